The minimum absolute atomic E-state index is 0.148. The number of carbonyl (C=O) groups is 1. The molecule has 0 saturated carbocycles. The molecule has 0 fully saturated rings. The van der Waals surface area contributed by atoms with Crippen LogP contribution in [0.1, 0.15) is 16.7 Å². The molecule has 0 aromatic heterocycles. The Balaban J connectivity index is 2.27. The van der Waals surface area contributed by atoms with Gasteiger partial charge in [-0.25, -0.2) is 0 Å². The second kappa shape index (κ2) is 8.68. The second-order valence-electron chi connectivity index (χ2n) is 6.18. The van der Waals surface area contributed by atoms with Crippen LogP contribution in [0.15, 0.2) is 42.1 Å². The van der Waals surface area contributed by atoms with Gasteiger partial charge in [0.15, 0.2) is 0 Å². The Hall–Kier alpha value is -3.86. The highest BCUT2D eigenvalue weighted by molar-refractivity contribution is 6.07. The van der Waals surface area contributed by atoms with Crippen molar-refractivity contribution in [1.29, 1.82) is 5.26 Å². The van der Waals surface area contributed by atoms with Crippen LogP contribution in [0.4, 0.5) is 17.1 Å². The van der Waals surface area contributed by atoms with Crippen LogP contribution in [-0.4, -0.2) is 17.9 Å². The molecule has 2 N–H and O–H groups in total. The van der Waals surface area contributed by atoms with Gasteiger partial charge >= 0.3 is 0 Å². The van der Waals surface area contributed by atoms with Crippen molar-refractivity contribution in [3.05, 3.63) is 68.9 Å². The van der Waals surface area contributed by atoms with Gasteiger partial charge in [-0.3, -0.25) is 14.9 Å². The summed E-state index contributed by atoms with van der Waals surface area (Å²) in [6.45, 7) is 5.71. The number of nitrogens with one attached hydrogen (secondary N) is 2. The average molecular weight is 380 g/mol. The lowest BCUT2D eigenvalue weighted by Crippen LogP contribution is -2.16. The normalized spacial score (nSPS) is 10.8. The van der Waals surface area contributed by atoms with E-state index in [1.165, 1.54) is 31.5 Å². The summed E-state index contributed by atoms with van der Waals surface area (Å²) in [4.78, 5) is 22.9. The zero-order valence-electron chi connectivity index (χ0n) is 16.0. The first kappa shape index (κ1) is 20.5. The van der Waals surface area contributed by atoms with Crippen molar-refractivity contribution in [1.82, 2.24) is 0 Å². The maximum absolute atomic E-state index is 12.5. The van der Waals surface area contributed by atoms with E-state index in [1.54, 1.807) is 0 Å². The van der Waals surface area contributed by atoms with Gasteiger partial charge in [0.25, 0.3) is 11.6 Å². The van der Waals surface area contributed by atoms with Crippen LogP contribution in [0.5, 0.6) is 5.75 Å². The number of amides is 1. The molecule has 0 spiro atoms. The van der Waals surface area contributed by atoms with Crippen LogP contribution in [0.2, 0.25) is 0 Å². The number of nitrogens with zero attached hydrogens (tertiary/aromatic N) is 2. The van der Waals surface area contributed by atoms with Crippen molar-refractivity contribution < 1.29 is 14.5 Å². The highest BCUT2D eigenvalue weighted by Crippen LogP contribution is 2.29. The summed E-state index contributed by atoms with van der Waals surface area (Å²) in [5, 5.41) is 25.8. The summed E-state index contributed by atoms with van der Waals surface area (Å²) in [5.41, 5.74) is 3.42. The van der Waals surface area contributed by atoms with E-state index in [1.807, 2.05) is 39.0 Å². The predicted octanol–water partition coefficient (Wildman–Crippen LogP) is 3.99. The molecule has 8 heteroatoms. The quantitative estimate of drug-likeness (QED) is 0.339. The first-order valence-corrected chi connectivity index (χ1v) is 8.35. The number of carbonyl (C=O) groups excluding carboxylic acids is 1. The lowest BCUT2D eigenvalue weighted by atomic mass is 10.0. The number of methoxy groups -OCH3 is 1. The minimum atomic E-state index is -0.588. The fourth-order valence-corrected chi connectivity index (χ4v) is 2.78. The van der Waals surface area contributed by atoms with Gasteiger partial charge in [-0.15, -0.1) is 0 Å². The van der Waals surface area contributed by atoms with Crippen LogP contribution >= 0.6 is 0 Å². The molecule has 0 aliphatic rings. The van der Waals surface area contributed by atoms with E-state index >= 15 is 0 Å². The highest BCUT2D eigenvalue weighted by Gasteiger charge is 2.14. The number of nitro groups is 1. The molecular weight excluding hydrogens is 360 g/mol. The van der Waals surface area contributed by atoms with Gasteiger partial charge in [0, 0.05) is 24.0 Å². The molecule has 2 aromatic rings. The van der Waals surface area contributed by atoms with E-state index in [4.69, 9.17) is 4.74 Å². The van der Waals surface area contributed by atoms with E-state index in [0.29, 0.717) is 11.4 Å². The lowest BCUT2D eigenvalue weighted by Gasteiger charge is -2.13. The SMILES string of the molecule is COc1ccc([N+](=O)[O-])cc1N/C=C(/C#N)C(=O)Nc1c(C)cc(C)cc1C. The molecule has 8 nitrogen and oxygen atoms in total. The Kier molecular flexibility index (Phi) is 6.34. The first-order chi connectivity index (χ1) is 13.3. The Bertz CT molecular complexity index is 983. The number of nitro benzene ring substituents is 1. The van der Waals surface area contributed by atoms with Crippen molar-refractivity contribution in [2.24, 2.45) is 0 Å². The molecule has 0 heterocycles. The van der Waals surface area contributed by atoms with Gasteiger partial charge in [0.1, 0.15) is 17.4 Å². The minimum Gasteiger partial charge on any atom is -0.495 e. The number of aryl methyl sites for hydroxylation is 3. The predicted molar refractivity (Wildman–Crippen MR) is 106 cm³/mol. The molecule has 0 aliphatic carbocycles. The van der Waals surface area contributed by atoms with E-state index in [-0.39, 0.29) is 16.9 Å². The molecule has 0 bridgehead atoms. The van der Waals surface area contributed by atoms with Crippen molar-refractivity contribution in [3.8, 4) is 11.8 Å². The average Bonchev–Trinajstić information content (AvgIpc) is 2.64. The van der Waals surface area contributed by atoms with Gasteiger partial charge in [-0.05, 0) is 38.0 Å². The zero-order chi connectivity index (χ0) is 20.8. The van der Waals surface area contributed by atoms with Crippen molar-refractivity contribution in [2.45, 2.75) is 20.8 Å². The van der Waals surface area contributed by atoms with Gasteiger partial charge in [0.2, 0.25) is 0 Å². The third kappa shape index (κ3) is 4.65. The monoisotopic (exact) mass is 380 g/mol. The standard InChI is InChI=1S/C20H20N4O4/c1-12-7-13(2)19(14(3)8-12)23-20(25)15(10-21)11-22-17-9-16(24(26)27)5-6-18(17)28-4/h5-9,11,22H,1-4H3,(H,23,25)/b15-11-. The van der Waals surface area contributed by atoms with Crippen molar-refractivity contribution in [2.75, 3.05) is 17.7 Å². The van der Waals surface area contributed by atoms with Crippen LogP contribution in [-0.2, 0) is 4.79 Å². The molecular formula is C20H20N4O4. The molecule has 144 valence electrons. The number of anilines is 2. The topological polar surface area (TPSA) is 117 Å². The Labute approximate surface area is 162 Å². The summed E-state index contributed by atoms with van der Waals surface area (Å²) in [6.07, 6.45) is 1.19. The molecule has 0 unspecified atom stereocenters. The van der Waals surface area contributed by atoms with Gasteiger partial charge in [-0.2, -0.15) is 5.26 Å². The molecule has 2 rings (SSSR count). The molecule has 1 amide bonds. The van der Waals surface area contributed by atoms with Crippen LogP contribution in [0, 0.1) is 42.2 Å². The fraction of sp³-hybridized carbons (Fsp3) is 0.200. The maximum atomic E-state index is 12.5. The second-order valence-corrected chi connectivity index (χ2v) is 6.18. The summed E-state index contributed by atoms with van der Waals surface area (Å²) < 4.78 is 5.15. The van der Waals surface area contributed by atoms with E-state index in [9.17, 15) is 20.2 Å². The van der Waals surface area contributed by atoms with Crippen molar-refractivity contribution >= 4 is 23.0 Å². The number of ether oxygens (including phenoxy) is 1. The van der Waals surface area contributed by atoms with Gasteiger partial charge < -0.3 is 15.4 Å². The Morgan fingerprint density at radius 3 is 2.39 bits per heavy atom. The Morgan fingerprint density at radius 2 is 1.86 bits per heavy atom. The number of hydrogen-bond donors (Lipinski definition) is 2. The molecule has 0 aliphatic heterocycles. The van der Waals surface area contributed by atoms with Crippen molar-refractivity contribution in [3.63, 3.8) is 0 Å². The summed E-state index contributed by atoms with van der Waals surface area (Å²) >= 11 is 0. The maximum Gasteiger partial charge on any atom is 0.271 e. The highest BCUT2D eigenvalue weighted by atomic mass is 16.6. The number of rotatable bonds is 6. The number of nitriles is 1. The lowest BCUT2D eigenvalue weighted by molar-refractivity contribution is -0.384. The number of non-ortho nitro benzene ring substituents is 1. The van der Waals surface area contributed by atoms with Crippen LogP contribution in [0.3, 0.4) is 0 Å². The van der Waals surface area contributed by atoms with E-state index in [0.717, 1.165) is 16.7 Å². The molecule has 0 saturated heterocycles. The fourth-order valence-electron chi connectivity index (χ4n) is 2.78. The first-order valence-electron chi connectivity index (χ1n) is 8.35. The Morgan fingerprint density at radius 1 is 1.21 bits per heavy atom. The smallest absolute Gasteiger partial charge is 0.271 e. The van der Waals surface area contributed by atoms with Gasteiger partial charge in [0.05, 0.1) is 17.7 Å². The molecule has 28 heavy (non-hydrogen) atoms. The molecule has 0 atom stereocenters. The van der Waals surface area contributed by atoms with Gasteiger partial charge in [-0.1, -0.05) is 17.7 Å². The zero-order valence-corrected chi connectivity index (χ0v) is 16.0. The van der Waals surface area contributed by atoms with Crippen LogP contribution in [0.25, 0.3) is 0 Å². The largest absolute Gasteiger partial charge is 0.495 e. The third-order valence-corrected chi connectivity index (χ3v) is 4.05. The summed E-state index contributed by atoms with van der Waals surface area (Å²) in [5.74, 6) is -0.251. The summed E-state index contributed by atoms with van der Waals surface area (Å²) in [6, 6.07) is 9.69. The van der Waals surface area contributed by atoms with E-state index < -0.39 is 10.8 Å². The summed E-state index contributed by atoms with van der Waals surface area (Å²) in [7, 11) is 1.41. The molecule has 0 radical (unpaired) electrons. The molecule has 2 aromatic carbocycles. The van der Waals surface area contributed by atoms with E-state index in [2.05, 4.69) is 10.6 Å². The van der Waals surface area contributed by atoms with Crippen LogP contribution < -0.4 is 15.4 Å². The third-order valence-electron chi connectivity index (χ3n) is 4.05. The number of benzene rings is 2. The number of hydrogen-bond acceptors (Lipinski definition) is 6.